The first-order valence-electron chi connectivity index (χ1n) is 7.62. The van der Waals surface area contributed by atoms with Crippen LogP contribution in [0.2, 0.25) is 0 Å². The van der Waals surface area contributed by atoms with Gasteiger partial charge in [0.2, 0.25) is 7.37 Å². The van der Waals surface area contributed by atoms with Gasteiger partial charge in [0.1, 0.15) is 0 Å². The fourth-order valence-corrected chi connectivity index (χ4v) is 2.91. The zero-order valence-corrected chi connectivity index (χ0v) is 14.4. The van der Waals surface area contributed by atoms with E-state index in [0.717, 1.165) is 5.56 Å². The van der Waals surface area contributed by atoms with Crippen molar-refractivity contribution < 1.29 is 23.3 Å². The average Bonchev–Trinajstić information content (AvgIpc) is 2.50. The van der Waals surface area contributed by atoms with Gasteiger partial charge in [-0.3, -0.25) is 4.57 Å². The predicted molar refractivity (Wildman–Crippen MR) is 87.8 cm³/mol. The molecular formula is C16H27O5P. The van der Waals surface area contributed by atoms with Crippen molar-refractivity contribution in [2.75, 3.05) is 52.5 Å². The molecule has 0 heterocycles. The fraction of sp³-hybridized carbons (Fsp3) is 0.625. The summed E-state index contributed by atoms with van der Waals surface area (Å²) in [7, 11) is -2.48. The Morgan fingerprint density at radius 2 is 1.50 bits per heavy atom. The highest BCUT2D eigenvalue weighted by molar-refractivity contribution is 7.58. The van der Waals surface area contributed by atoms with Crippen LogP contribution in [-0.2, 0) is 29.9 Å². The first kappa shape index (κ1) is 19.3. The van der Waals surface area contributed by atoms with Gasteiger partial charge in [-0.15, -0.1) is 0 Å². The number of hydrogen-bond donors (Lipinski definition) is 0. The Labute approximate surface area is 133 Å². The summed E-state index contributed by atoms with van der Waals surface area (Å²) in [5.74, 6) is 0. The largest absolute Gasteiger partial charge is 0.378 e. The van der Waals surface area contributed by atoms with Gasteiger partial charge in [0.15, 0.2) is 0 Å². The van der Waals surface area contributed by atoms with Gasteiger partial charge in [0.05, 0.1) is 46.2 Å². The summed E-state index contributed by atoms with van der Waals surface area (Å²) in [5.41, 5.74) is 1.16. The van der Waals surface area contributed by atoms with Crippen molar-refractivity contribution in [3.63, 3.8) is 0 Å². The Hall–Kier alpha value is -0.710. The van der Waals surface area contributed by atoms with Crippen molar-refractivity contribution in [3.8, 4) is 0 Å². The molecule has 6 heteroatoms. The van der Waals surface area contributed by atoms with Crippen LogP contribution in [0.3, 0.4) is 0 Å². The molecule has 1 atom stereocenters. The van der Waals surface area contributed by atoms with E-state index in [9.17, 15) is 4.57 Å². The number of benzene rings is 1. The molecule has 0 saturated heterocycles. The minimum Gasteiger partial charge on any atom is -0.378 e. The molecule has 0 amide bonds. The summed E-state index contributed by atoms with van der Waals surface area (Å²) in [6.45, 7) is 7.09. The highest BCUT2D eigenvalue weighted by Crippen LogP contribution is 2.41. The summed E-state index contributed by atoms with van der Waals surface area (Å²) < 4.78 is 33.2. The van der Waals surface area contributed by atoms with E-state index >= 15 is 0 Å². The topological polar surface area (TPSA) is 54.0 Å². The quantitative estimate of drug-likeness (QED) is 0.411. The van der Waals surface area contributed by atoms with Gasteiger partial charge >= 0.3 is 0 Å². The van der Waals surface area contributed by atoms with Gasteiger partial charge in [-0.25, -0.2) is 0 Å². The van der Waals surface area contributed by atoms with Crippen LogP contribution in [0.15, 0.2) is 30.3 Å². The van der Waals surface area contributed by atoms with Gasteiger partial charge in [0.25, 0.3) is 0 Å². The Morgan fingerprint density at radius 3 is 2.14 bits per heavy atom. The maximum atomic E-state index is 11.8. The molecular weight excluding hydrogens is 303 g/mol. The van der Waals surface area contributed by atoms with Crippen molar-refractivity contribution >= 4 is 7.37 Å². The first-order valence-corrected chi connectivity index (χ1v) is 9.88. The Kier molecular flexibility index (Phi) is 10.4. The molecule has 0 radical (unpaired) electrons. The van der Waals surface area contributed by atoms with E-state index in [2.05, 4.69) is 0 Å². The summed E-state index contributed by atoms with van der Waals surface area (Å²) in [5, 5.41) is 0. The molecule has 1 unspecified atom stereocenters. The second-order valence-electron chi connectivity index (χ2n) is 4.92. The first-order chi connectivity index (χ1) is 10.6. The van der Waals surface area contributed by atoms with E-state index in [4.69, 9.17) is 18.7 Å². The van der Waals surface area contributed by atoms with Crippen LogP contribution in [0.1, 0.15) is 12.5 Å². The average molecular weight is 330 g/mol. The van der Waals surface area contributed by atoms with Crippen LogP contribution < -0.4 is 0 Å². The molecule has 126 valence electrons. The van der Waals surface area contributed by atoms with Crippen molar-refractivity contribution in [2.45, 2.75) is 13.5 Å². The number of ether oxygens (including phenoxy) is 3. The second kappa shape index (κ2) is 11.8. The Balaban J connectivity index is 1.87. The molecule has 1 rings (SSSR count). The normalized spacial score (nSPS) is 13.9. The summed E-state index contributed by atoms with van der Waals surface area (Å²) >= 11 is 0. The molecule has 0 aliphatic heterocycles. The molecule has 5 nitrogen and oxygen atoms in total. The zero-order valence-electron chi connectivity index (χ0n) is 13.5. The van der Waals surface area contributed by atoms with Crippen LogP contribution in [0.25, 0.3) is 0 Å². The molecule has 0 aromatic heterocycles. The van der Waals surface area contributed by atoms with Gasteiger partial charge in [-0.05, 0) is 12.5 Å². The Morgan fingerprint density at radius 1 is 0.909 bits per heavy atom. The maximum absolute atomic E-state index is 11.8. The maximum Gasteiger partial charge on any atom is 0.202 e. The molecule has 0 aliphatic carbocycles. The molecule has 0 N–H and O–H groups in total. The van der Waals surface area contributed by atoms with Crippen LogP contribution >= 0.6 is 7.37 Å². The molecule has 0 aliphatic rings. The lowest BCUT2D eigenvalue weighted by atomic mass is 10.2. The minimum absolute atomic E-state index is 0.432. The standard InChI is InChI=1S/C16H27O5P/c1-3-21-22(2,17)14-13-19-10-9-18-11-12-20-15-16-7-5-4-6-8-16/h4-8H,3,9-15H2,1-2H3. The van der Waals surface area contributed by atoms with Crippen LogP contribution in [0.4, 0.5) is 0 Å². The second-order valence-corrected chi connectivity index (χ2v) is 7.65. The van der Waals surface area contributed by atoms with Gasteiger partial charge in [0, 0.05) is 12.8 Å². The highest BCUT2D eigenvalue weighted by Gasteiger charge is 2.13. The smallest absolute Gasteiger partial charge is 0.202 e. The third-order valence-corrected chi connectivity index (χ3v) is 4.70. The van der Waals surface area contributed by atoms with E-state index in [-0.39, 0.29) is 0 Å². The number of hydrogen-bond acceptors (Lipinski definition) is 5. The van der Waals surface area contributed by atoms with Crippen molar-refractivity contribution in [2.24, 2.45) is 0 Å². The lowest BCUT2D eigenvalue weighted by Gasteiger charge is -2.12. The highest BCUT2D eigenvalue weighted by atomic mass is 31.2. The summed E-state index contributed by atoms with van der Waals surface area (Å²) in [6.07, 6.45) is 0.445. The summed E-state index contributed by atoms with van der Waals surface area (Å²) in [4.78, 5) is 0. The lowest BCUT2D eigenvalue weighted by molar-refractivity contribution is 0.0129. The monoisotopic (exact) mass is 330 g/mol. The van der Waals surface area contributed by atoms with E-state index in [0.29, 0.717) is 52.4 Å². The van der Waals surface area contributed by atoms with Crippen LogP contribution in [0.5, 0.6) is 0 Å². The molecule has 22 heavy (non-hydrogen) atoms. The van der Waals surface area contributed by atoms with E-state index < -0.39 is 7.37 Å². The third-order valence-electron chi connectivity index (χ3n) is 2.90. The molecule has 0 fully saturated rings. The van der Waals surface area contributed by atoms with Gasteiger partial charge in [-0.1, -0.05) is 30.3 Å². The fourth-order valence-electron chi connectivity index (χ4n) is 1.77. The molecule has 1 aromatic carbocycles. The SMILES string of the molecule is CCOP(C)(=O)CCOCCOCCOCc1ccccc1. The zero-order chi connectivity index (χ0) is 16.1. The summed E-state index contributed by atoms with van der Waals surface area (Å²) in [6, 6.07) is 10.0. The third kappa shape index (κ3) is 10.1. The van der Waals surface area contributed by atoms with E-state index in [1.165, 1.54) is 0 Å². The van der Waals surface area contributed by atoms with E-state index in [1.54, 1.807) is 6.66 Å². The molecule has 1 aromatic rings. The van der Waals surface area contributed by atoms with Crippen LogP contribution in [0, 0.1) is 0 Å². The van der Waals surface area contributed by atoms with Crippen molar-refractivity contribution in [1.29, 1.82) is 0 Å². The van der Waals surface area contributed by atoms with Crippen LogP contribution in [-0.4, -0.2) is 52.5 Å². The molecule has 0 spiro atoms. The molecule has 0 bridgehead atoms. The van der Waals surface area contributed by atoms with Gasteiger partial charge in [-0.2, -0.15) is 0 Å². The van der Waals surface area contributed by atoms with Crippen molar-refractivity contribution in [3.05, 3.63) is 35.9 Å². The molecule has 0 saturated carbocycles. The number of rotatable bonds is 13. The van der Waals surface area contributed by atoms with E-state index in [1.807, 2.05) is 37.3 Å². The van der Waals surface area contributed by atoms with Crippen molar-refractivity contribution in [1.82, 2.24) is 0 Å². The Bertz CT molecular complexity index is 424. The lowest BCUT2D eigenvalue weighted by Crippen LogP contribution is -2.11. The van der Waals surface area contributed by atoms with Gasteiger partial charge < -0.3 is 18.7 Å². The predicted octanol–water partition coefficient (Wildman–Crippen LogP) is 3.18. The minimum atomic E-state index is -2.48.